The second-order valence-electron chi connectivity index (χ2n) is 4.94. The maximum absolute atomic E-state index is 5.70. The Hall–Kier alpha value is -0.0800. The van der Waals surface area contributed by atoms with Gasteiger partial charge in [0.2, 0.25) is 0 Å². The molecule has 3 heteroatoms. The smallest absolute Gasteiger partial charge is 0.0959 e. The molecular weight excluding hydrogens is 238 g/mol. The van der Waals surface area contributed by atoms with Crippen molar-refractivity contribution in [1.82, 2.24) is 4.98 Å². The minimum absolute atomic E-state index is 0.735. The van der Waals surface area contributed by atoms with E-state index >= 15 is 0 Å². The maximum atomic E-state index is 5.70. The number of alkyl halides is 1. The van der Waals surface area contributed by atoms with E-state index in [-0.39, 0.29) is 0 Å². The molecule has 0 spiro atoms. The average molecular weight is 258 g/mol. The molecule has 0 N–H and O–H groups in total. The Balaban J connectivity index is 1.95. The summed E-state index contributed by atoms with van der Waals surface area (Å²) in [5, 5.41) is 3.59. The molecule has 0 saturated heterocycles. The van der Waals surface area contributed by atoms with Crippen molar-refractivity contribution in [3.8, 4) is 0 Å². The Morgan fingerprint density at radius 3 is 3.12 bits per heavy atom. The fourth-order valence-electron chi connectivity index (χ4n) is 2.53. The van der Waals surface area contributed by atoms with Gasteiger partial charge in [-0.25, -0.2) is 4.98 Å². The lowest BCUT2D eigenvalue weighted by Crippen LogP contribution is -2.11. The maximum Gasteiger partial charge on any atom is 0.0959 e. The van der Waals surface area contributed by atoms with Crippen molar-refractivity contribution < 1.29 is 0 Å². The normalized spacial score (nSPS) is 25.9. The second-order valence-corrected chi connectivity index (χ2v) is 6.21. The largest absolute Gasteiger partial charge is 0.246 e. The molecular formula is C13H20ClNS. The van der Waals surface area contributed by atoms with Crippen molar-refractivity contribution in [3.63, 3.8) is 0 Å². The van der Waals surface area contributed by atoms with Gasteiger partial charge in [0.05, 0.1) is 10.7 Å². The number of aryl methyl sites for hydroxylation is 1. The van der Waals surface area contributed by atoms with Gasteiger partial charge in [-0.1, -0.05) is 19.8 Å². The molecule has 2 atom stereocenters. The van der Waals surface area contributed by atoms with E-state index in [4.69, 9.17) is 16.6 Å². The zero-order valence-corrected chi connectivity index (χ0v) is 11.5. The third-order valence-corrected chi connectivity index (χ3v) is 4.74. The predicted octanol–water partition coefficient (Wildman–Crippen LogP) is 4.61. The van der Waals surface area contributed by atoms with E-state index in [1.165, 1.54) is 36.4 Å². The highest BCUT2D eigenvalue weighted by atomic mass is 35.5. The van der Waals surface area contributed by atoms with Gasteiger partial charge in [0.1, 0.15) is 0 Å². The molecule has 2 rings (SSSR count). The van der Waals surface area contributed by atoms with Crippen LogP contribution in [0.1, 0.15) is 55.6 Å². The lowest BCUT2D eigenvalue weighted by molar-refractivity contribution is 0.343. The van der Waals surface area contributed by atoms with Crippen LogP contribution in [0, 0.1) is 5.92 Å². The highest BCUT2D eigenvalue weighted by Gasteiger charge is 2.22. The van der Waals surface area contributed by atoms with Crippen LogP contribution in [0.5, 0.6) is 0 Å². The van der Waals surface area contributed by atoms with E-state index in [0.29, 0.717) is 0 Å². The summed E-state index contributed by atoms with van der Waals surface area (Å²) in [6.07, 6.45) is 7.55. The first-order valence-electron chi connectivity index (χ1n) is 6.30. The lowest BCUT2D eigenvalue weighted by atomic mass is 9.83. The molecule has 0 bridgehead atoms. The molecule has 1 nitrogen and oxygen atoms in total. The Bertz CT molecular complexity index is 323. The molecule has 1 saturated carbocycles. The molecule has 0 aliphatic heterocycles. The number of aromatic nitrogens is 1. The Morgan fingerprint density at radius 1 is 1.50 bits per heavy atom. The van der Waals surface area contributed by atoms with Crippen molar-refractivity contribution in [3.05, 3.63) is 16.1 Å². The van der Waals surface area contributed by atoms with Crippen molar-refractivity contribution in [2.75, 3.05) is 5.88 Å². The van der Waals surface area contributed by atoms with Crippen LogP contribution in [0.4, 0.5) is 0 Å². The molecule has 1 fully saturated rings. The van der Waals surface area contributed by atoms with E-state index in [2.05, 4.69) is 12.3 Å². The van der Waals surface area contributed by atoms with Gasteiger partial charge in [-0.2, -0.15) is 0 Å². The van der Waals surface area contributed by atoms with Crippen LogP contribution in [0.25, 0.3) is 0 Å². The first kappa shape index (κ1) is 12.4. The summed E-state index contributed by atoms with van der Waals surface area (Å²) in [4.78, 5) is 4.77. The third-order valence-electron chi connectivity index (χ3n) is 3.42. The Morgan fingerprint density at radius 2 is 2.38 bits per heavy atom. The number of nitrogens with zero attached hydrogens (tertiary/aromatic N) is 1. The minimum atomic E-state index is 0.735. The second kappa shape index (κ2) is 6.02. The molecule has 90 valence electrons. The van der Waals surface area contributed by atoms with Gasteiger partial charge in [-0.05, 0) is 31.6 Å². The summed E-state index contributed by atoms with van der Waals surface area (Å²) >= 11 is 7.56. The quantitative estimate of drug-likeness (QED) is 0.718. The van der Waals surface area contributed by atoms with Crippen LogP contribution in [0.3, 0.4) is 0 Å². The first-order valence-corrected chi connectivity index (χ1v) is 7.71. The van der Waals surface area contributed by atoms with Crippen molar-refractivity contribution in [1.29, 1.82) is 0 Å². The SMILES string of the molecule is CC1CCCC(c2nc(CCCCl)cs2)C1. The topological polar surface area (TPSA) is 12.9 Å². The molecule has 0 radical (unpaired) electrons. The van der Waals surface area contributed by atoms with Gasteiger partial charge < -0.3 is 0 Å². The number of rotatable bonds is 4. The van der Waals surface area contributed by atoms with E-state index in [0.717, 1.165) is 30.6 Å². The van der Waals surface area contributed by atoms with E-state index in [1.54, 1.807) is 0 Å². The summed E-state index contributed by atoms with van der Waals surface area (Å²) in [7, 11) is 0. The third kappa shape index (κ3) is 3.21. The number of halogens is 1. The van der Waals surface area contributed by atoms with Crippen molar-refractivity contribution in [2.24, 2.45) is 5.92 Å². The molecule has 1 aromatic rings. The van der Waals surface area contributed by atoms with Crippen LogP contribution in [-0.2, 0) is 6.42 Å². The summed E-state index contributed by atoms with van der Waals surface area (Å²) in [5.41, 5.74) is 1.25. The molecule has 2 unspecified atom stereocenters. The van der Waals surface area contributed by atoms with Gasteiger partial charge in [0.15, 0.2) is 0 Å². The summed E-state index contributed by atoms with van der Waals surface area (Å²) in [5.74, 6) is 2.36. The minimum Gasteiger partial charge on any atom is -0.246 e. The van der Waals surface area contributed by atoms with Crippen molar-refractivity contribution in [2.45, 2.75) is 51.4 Å². The van der Waals surface area contributed by atoms with Crippen LogP contribution in [-0.4, -0.2) is 10.9 Å². The molecule has 0 aromatic carbocycles. The fraction of sp³-hybridized carbons (Fsp3) is 0.769. The summed E-state index contributed by atoms with van der Waals surface area (Å²) in [6.45, 7) is 2.37. The fourth-order valence-corrected chi connectivity index (χ4v) is 3.67. The molecule has 1 aliphatic carbocycles. The highest BCUT2D eigenvalue weighted by Crippen LogP contribution is 2.37. The highest BCUT2D eigenvalue weighted by molar-refractivity contribution is 7.09. The average Bonchev–Trinajstić information content (AvgIpc) is 2.75. The standard InChI is InChI=1S/C13H20ClNS/c1-10-4-2-5-11(8-10)13-15-12(9-16-13)6-3-7-14/h9-11H,2-8H2,1H3. The van der Waals surface area contributed by atoms with E-state index in [9.17, 15) is 0 Å². The van der Waals surface area contributed by atoms with Crippen LogP contribution >= 0.6 is 22.9 Å². The molecule has 1 aromatic heterocycles. The zero-order chi connectivity index (χ0) is 11.4. The number of hydrogen-bond acceptors (Lipinski definition) is 2. The zero-order valence-electron chi connectivity index (χ0n) is 9.92. The van der Waals surface area contributed by atoms with Crippen molar-refractivity contribution >= 4 is 22.9 Å². The number of thiazole rings is 1. The van der Waals surface area contributed by atoms with E-state index < -0.39 is 0 Å². The van der Waals surface area contributed by atoms with Crippen LogP contribution < -0.4 is 0 Å². The van der Waals surface area contributed by atoms with Gasteiger partial charge in [-0.15, -0.1) is 22.9 Å². The number of hydrogen-bond donors (Lipinski definition) is 0. The van der Waals surface area contributed by atoms with E-state index in [1.807, 2.05) is 11.3 Å². The summed E-state index contributed by atoms with van der Waals surface area (Å²) in [6, 6.07) is 0. The monoisotopic (exact) mass is 257 g/mol. The molecule has 1 aliphatic rings. The first-order chi connectivity index (χ1) is 7.79. The lowest BCUT2D eigenvalue weighted by Gasteiger charge is -2.24. The van der Waals surface area contributed by atoms with Gasteiger partial charge in [0, 0.05) is 17.2 Å². The van der Waals surface area contributed by atoms with Gasteiger partial charge in [-0.3, -0.25) is 0 Å². The van der Waals surface area contributed by atoms with Crippen LogP contribution in [0.2, 0.25) is 0 Å². The Kier molecular flexibility index (Phi) is 4.66. The Labute approximate surface area is 107 Å². The van der Waals surface area contributed by atoms with Crippen LogP contribution in [0.15, 0.2) is 5.38 Å². The molecule has 16 heavy (non-hydrogen) atoms. The summed E-state index contributed by atoms with van der Waals surface area (Å²) < 4.78 is 0. The molecule has 0 amide bonds. The predicted molar refractivity (Wildman–Crippen MR) is 71.5 cm³/mol. The molecule has 1 heterocycles. The van der Waals surface area contributed by atoms with Gasteiger partial charge in [0.25, 0.3) is 0 Å². The van der Waals surface area contributed by atoms with Gasteiger partial charge >= 0.3 is 0 Å².